The van der Waals surface area contributed by atoms with Crippen molar-refractivity contribution in [2.45, 2.75) is 20.8 Å². The first-order chi connectivity index (χ1) is 4.72. The fourth-order valence-electron chi connectivity index (χ4n) is 1.25. The van der Waals surface area contributed by atoms with E-state index in [2.05, 4.69) is 38.2 Å². The third-order valence-corrected chi connectivity index (χ3v) is 1.84. The third-order valence-electron chi connectivity index (χ3n) is 1.84. The molecule has 0 unspecified atom stereocenters. The highest BCUT2D eigenvalue weighted by Gasteiger charge is 2.05. The van der Waals surface area contributed by atoms with Gasteiger partial charge in [-0.05, 0) is 18.4 Å². The number of hydrogen-bond acceptors (Lipinski definition) is 1. The quantitative estimate of drug-likeness (QED) is 0.583. The standard InChI is InChI=1S/C9H15N/c1-7(2)9-5-4-6-10-8(9)3/h4-5,7,10H,6H2,1-3H3. The van der Waals surface area contributed by atoms with Gasteiger partial charge in [-0.1, -0.05) is 26.0 Å². The number of nitrogens with one attached hydrogen (secondary N) is 1. The van der Waals surface area contributed by atoms with Crippen LogP contribution < -0.4 is 5.32 Å². The second-order valence-corrected chi connectivity index (χ2v) is 3.02. The van der Waals surface area contributed by atoms with Crippen LogP contribution in [-0.2, 0) is 0 Å². The zero-order valence-electron chi connectivity index (χ0n) is 6.94. The van der Waals surface area contributed by atoms with Crippen molar-refractivity contribution in [1.82, 2.24) is 5.32 Å². The topological polar surface area (TPSA) is 12.0 Å². The van der Waals surface area contributed by atoms with Crippen molar-refractivity contribution in [3.05, 3.63) is 23.4 Å². The summed E-state index contributed by atoms with van der Waals surface area (Å²) in [5, 5.41) is 3.31. The van der Waals surface area contributed by atoms with Crippen molar-refractivity contribution in [3.63, 3.8) is 0 Å². The van der Waals surface area contributed by atoms with Gasteiger partial charge in [-0.3, -0.25) is 0 Å². The van der Waals surface area contributed by atoms with Gasteiger partial charge in [-0.15, -0.1) is 0 Å². The molecule has 1 N–H and O–H groups in total. The van der Waals surface area contributed by atoms with Gasteiger partial charge in [0, 0.05) is 12.2 Å². The summed E-state index contributed by atoms with van der Waals surface area (Å²) in [6.45, 7) is 7.56. The summed E-state index contributed by atoms with van der Waals surface area (Å²) in [6.07, 6.45) is 4.39. The van der Waals surface area contributed by atoms with Gasteiger partial charge in [0.05, 0.1) is 0 Å². The van der Waals surface area contributed by atoms with Crippen LogP contribution in [0, 0.1) is 5.92 Å². The fraction of sp³-hybridized carbons (Fsp3) is 0.556. The van der Waals surface area contributed by atoms with E-state index in [1.54, 1.807) is 0 Å². The predicted octanol–water partition coefficient (Wildman–Crippen LogP) is 2.08. The lowest BCUT2D eigenvalue weighted by Crippen LogP contribution is -2.17. The van der Waals surface area contributed by atoms with E-state index < -0.39 is 0 Å². The Balaban J connectivity index is 2.79. The van der Waals surface area contributed by atoms with Crippen LogP contribution in [0.5, 0.6) is 0 Å². The number of rotatable bonds is 1. The molecule has 0 atom stereocenters. The molecule has 1 aliphatic heterocycles. The van der Waals surface area contributed by atoms with Crippen molar-refractivity contribution in [3.8, 4) is 0 Å². The Labute approximate surface area is 62.8 Å². The van der Waals surface area contributed by atoms with Crippen LogP contribution in [0.2, 0.25) is 0 Å². The summed E-state index contributed by atoms with van der Waals surface area (Å²) < 4.78 is 0. The maximum atomic E-state index is 3.31. The molecule has 1 aliphatic rings. The smallest absolute Gasteiger partial charge is 0.0330 e. The molecule has 0 aromatic carbocycles. The maximum Gasteiger partial charge on any atom is 0.0330 e. The summed E-state index contributed by atoms with van der Waals surface area (Å²) in [7, 11) is 0. The minimum Gasteiger partial charge on any atom is -0.385 e. The van der Waals surface area contributed by atoms with Crippen LogP contribution in [0.15, 0.2) is 23.4 Å². The molecule has 0 aromatic heterocycles. The normalized spacial score (nSPS) is 18.0. The Morgan fingerprint density at radius 1 is 1.50 bits per heavy atom. The van der Waals surface area contributed by atoms with E-state index in [1.807, 2.05) is 0 Å². The molecule has 56 valence electrons. The van der Waals surface area contributed by atoms with Gasteiger partial charge < -0.3 is 5.32 Å². The van der Waals surface area contributed by atoms with Gasteiger partial charge in [0.25, 0.3) is 0 Å². The molecule has 0 spiro atoms. The Morgan fingerprint density at radius 2 is 2.20 bits per heavy atom. The molecule has 0 radical (unpaired) electrons. The Bertz CT molecular complexity index is 175. The molecular weight excluding hydrogens is 122 g/mol. The fourth-order valence-corrected chi connectivity index (χ4v) is 1.25. The molecule has 0 aliphatic carbocycles. The average molecular weight is 137 g/mol. The summed E-state index contributed by atoms with van der Waals surface area (Å²) in [5.74, 6) is 0.643. The average Bonchev–Trinajstić information content (AvgIpc) is 1.88. The van der Waals surface area contributed by atoms with E-state index in [-0.39, 0.29) is 0 Å². The molecule has 0 amide bonds. The Kier molecular flexibility index (Phi) is 2.15. The molecule has 0 bridgehead atoms. The van der Waals surface area contributed by atoms with Crippen LogP contribution >= 0.6 is 0 Å². The van der Waals surface area contributed by atoms with Crippen molar-refractivity contribution in [1.29, 1.82) is 0 Å². The molecule has 1 rings (SSSR count). The highest BCUT2D eigenvalue weighted by atomic mass is 14.9. The second kappa shape index (κ2) is 2.91. The lowest BCUT2D eigenvalue weighted by Gasteiger charge is -2.16. The van der Waals surface area contributed by atoms with Crippen LogP contribution in [-0.4, -0.2) is 6.54 Å². The van der Waals surface area contributed by atoms with Crippen molar-refractivity contribution >= 4 is 0 Å². The molecule has 0 saturated heterocycles. The van der Waals surface area contributed by atoms with Crippen molar-refractivity contribution in [2.75, 3.05) is 6.54 Å². The minimum atomic E-state index is 0.643. The molecule has 1 heteroatoms. The number of dihydropyridines is 1. The van der Waals surface area contributed by atoms with E-state index in [1.165, 1.54) is 11.3 Å². The second-order valence-electron chi connectivity index (χ2n) is 3.02. The highest BCUT2D eigenvalue weighted by Crippen LogP contribution is 2.16. The van der Waals surface area contributed by atoms with Crippen LogP contribution in [0.4, 0.5) is 0 Å². The molecule has 0 fully saturated rings. The van der Waals surface area contributed by atoms with E-state index in [4.69, 9.17) is 0 Å². The van der Waals surface area contributed by atoms with Crippen LogP contribution in [0.25, 0.3) is 0 Å². The molecular formula is C9H15N. The first-order valence-electron chi connectivity index (χ1n) is 3.83. The lowest BCUT2D eigenvalue weighted by molar-refractivity contribution is 0.737. The van der Waals surface area contributed by atoms with Crippen LogP contribution in [0.1, 0.15) is 20.8 Å². The number of allylic oxidation sites excluding steroid dienone is 3. The molecule has 1 nitrogen and oxygen atoms in total. The predicted molar refractivity (Wildman–Crippen MR) is 44.7 cm³/mol. The van der Waals surface area contributed by atoms with E-state index in [9.17, 15) is 0 Å². The first kappa shape index (κ1) is 7.39. The molecule has 0 saturated carbocycles. The largest absolute Gasteiger partial charge is 0.385 e. The summed E-state index contributed by atoms with van der Waals surface area (Å²) in [4.78, 5) is 0. The SMILES string of the molecule is CC1=C(C(C)C)C=CCN1. The third kappa shape index (κ3) is 1.41. The summed E-state index contributed by atoms with van der Waals surface area (Å²) in [6, 6.07) is 0. The molecule has 10 heavy (non-hydrogen) atoms. The summed E-state index contributed by atoms with van der Waals surface area (Å²) in [5.41, 5.74) is 2.77. The first-order valence-corrected chi connectivity index (χ1v) is 3.83. The van der Waals surface area contributed by atoms with Gasteiger partial charge in [-0.25, -0.2) is 0 Å². The lowest BCUT2D eigenvalue weighted by atomic mass is 9.99. The maximum absolute atomic E-state index is 3.31. The summed E-state index contributed by atoms with van der Waals surface area (Å²) >= 11 is 0. The Morgan fingerprint density at radius 3 is 2.60 bits per heavy atom. The highest BCUT2D eigenvalue weighted by molar-refractivity contribution is 5.28. The molecule has 0 aromatic rings. The van der Waals surface area contributed by atoms with Gasteiger partial charge in [0.15, 0.2) is 0 Å². The molecule has 1 heterocycles. The van der Waals surface area contributed by atoms with Gasteiger partial charge in [0.1, 0.15) is 0 Å². The van der Waals surface area contributed by atoms with E-state index in [0.717, 1.165) is 6.54 Å². The zero-order valence-corrected chi connectivity index (χ0v) is 6.94. The minimum absolute atomic E-state index is 0.643. The van der Waals surface area contributed by atoms with Crippen LogP contribution in [0.3, 0.4) is 0 Å². The van der Waals surface area contributed by atoms with Crippen molar-refractivity contribution in [2.24, 2.45) is 5.92 Å². The van der Waals surface area contributed by atoms with Gasteiger partial charge in [0.2, 0.25) is 0 Å². The van der Waals surface area contributed by atoms with Gasteiger partial charge >= 0.3 is 0 Å². The van der Waals surface area contributed by atoms with E-state index in [0.29, 0.717) is 5.92 Å². The van der Waals surface area contributed by atoms with E-state index >= 15 is 0 Å². The Hall–Kier alpha value is -0.720. The monoisotopic (exact) mass is 137 g/mol. The van der Waals surface area contributed by atoms with Gasteiger partial charge in [-0.2, -0.15) is 0 Å². The van der Waals surface area contributed by atoms with Crippen molar-refractivity contribution < 1.29 is 0 Å². The zero-order chi connectivity index (χ0) is 7.56. The number of hydrogen-bond donors (Lipinski definition) is 1.